The number of amides is 1. The molecule has 1 aliphatic rings. The van der Waals surface area contributed by atoms with Gasteiger partial charge in [0, 0.05) is 11.3 Å². The van der Waals surface area contributed by atoms with E-state index in [0.717, 1.165) is 19.3 Å². The molecule has 144 valence electrons. The summed E-state index contributed by atoms with van der Waals surface area (Å²) in [7, 11) is -3.35. The fraction of sp³-hybridized carbons (Fsp3) is 0.381. The Labute approximate surface area is 160 Å². The van der Waals surface area contributed by atoms with E-state index in [2.05, 4.69) is 5.32 Å². The molecule has 1 fully saturated rings. The first-order valence-electron chi connectivity index (χ1n) is 9.39. The average molecular weight is 388 g/mol. The maximum atomic E-state index is 12.8. The van der Waals surface area contributed by atoms with Crippen LogP contribution in [0.3, 0.4) is 0 Å². The van der Waals surface area contributed by atoms with Crippen LogP contribution in [0.4, 0.5) is 5.69 Å². The number of benzene rings is 2. The highest BCUT2D eigenvalue weighted by Gasteiger charge is 2.30. The first-order chi connectivity index (χ1) is 13.0. The molecule has 1 N–H and O–H groups in total. The van der Waals surface area contributed by atoms with E-state index in [-0.39, 0.29) is 16.1 Å². The van der Waals surface area contributed by atoms with Crippen LogP contribution < -0.4 is 10.1 Å². The van der Waals surface area contributed by atoms with Crippen LogP contribution >= 0.6 is 0 Å². The standard InChI is InChI=1S/C21H25NO4S/c1-2-13-26-18-9-5-7-16(14-18)21(23)22-17-8-6-12-20(15-17)27(24,25)19-10-3-4-11-19/h5-9,12,14-15,19H,2-4,10-11,13H2,1H3,(H,22,23). The van der Waals surface area contributed by atoms with Crippen LogP contribution in [-0.4, -0.2) is 26.2 Å². The van der Waals surface area contributed by atoms with Gasteiger partial charge >= 0.3 is 0 Å². The highest BCUT2D eigenvalue weighted by Crippen LogP contribution is 2.30. The predicted octanol–water partition coefficient (Wildman–Crippen LogP) is 4.44. The molecule has 2 aromatic carbocycles. The van der Waals surface area contributed by atoms with Gasteiger partial charge in [-0.25, -0.2) is 8.42 Å². The molecule has 0 radical (unpaired) electrons. The minimum absolute atomic E-state index is 0.271. The van der Waals surface area contributed by atoms with E-state index in [1.807, 2.05) is 6.92 Å². The third kappa shape index (κ3) is 4.69. The summed E-state index contributed by atoms with van der Waals surface area (Å²) in [5.41, 5.74) is 0.937. The summed E-state index contributed by atoms with van der Waals surface area (Å²) >= 11 is 0. The number of rotatable bonds is 7. The van der Waals surface area contributed by atoms with E-state index in [0.29, 0.717) is 36.4 Å². The summed E-state index contributed by atoms with van der Waals surface area (Å²) in [6, 6.07) is 13.5. The number of anilines is 1. The van der Waals surface area contributed by atoms with E-state index < -0.39 is 9.84 Å². The van der Waals surface area contributed by atoms with Crippen molar-refractivity contribution in [2.24, 2.45) is 0 Å². The molecule has 0 atom stereocenters. The normalized spacial score (nSPS) is 14.9. The van der Waals surface area contributed by atoms with E-state index in [1.54, 1.807) is 48.5 Å². The Kier molecular flexibility index (Phi) is 6.16. The molecule has 0 unspecified atom stereocenters. The second-order valence-corrected chi connectivity index (χ2v) is 9.04. The molecule has 0 heterocycles. The number of sulfone groups is 1. The number of carbonyl (C=O) groups is 1. The van der Waals surface area contributed by atoms with Crippen LogP contribution in [0.15, 0.2) is 53.4 Å². The highest BCUT2D eigenvalue weighted by atomic mass is 32.2. The summed E-state index contributed by atoms with van der Waals surface area (Å²) < 4.78 is 31.1. The van der Waals surface area contributed by atoms with Gasteiger partial charge in [-0.3, -0.25) is 4.79 Å². The fourth-order valence-electron chi connectivity index (χ4n) is 3.29. The van der Waals surface area contributed by atoms with Gasteiger partial charge in [-0.05, 0) is 55.7 Å². The second kappa shape index (κ2) is 8.57. The van der Waals surface area contributed by atoms with E-state index in [4.69, 9.17) is 4.74 Å². The molecule has 3 rings (SSSR count). The molecule has 1 saturated carbocycles. The van der Waals surface area contributed by atoms with Crippen molar-refractivity contribution in [1.82, 2.24) is 0 Å². The van der Waals surface area contributed by atoms with Gasteiger partial charge in [0.25, 0.3) is 5.91 Å². The van der Waals surface area contributed by atoms with Crippen molar-refractivity contribution in [3.63, 3.8) is 0 Å². The van der Waals surface area contributed by atoms with Crippen LogP contribution in [0.2, 0.25) is 0 Å². The quantitative estimate of drug-likeness (QED) is 0.762. The fourth-order valence-corrected chi connectivity index (χ4v) is 5.19. The molecule has 1 aliphatic carbocycles. The molecular formula is C21H25NO4S. The van der Waals surface area contributed by atoms with Crippen LogP contribution in [0, 0.1) is 0 Å². The lowest BCUT2D eigenvalue weighted by molar-refractivity contribution is 0.102. The lowest BCUT2D eigenvalue weighted by Crippen LogP contribution is -2.18. The molecule has 0 aliphatic heterocycles. The zero-order chi connectivity index (χ0) is 19.3. The lowest BCUT2D eigenvalue weighted by Gasteiger charge is -2.13. The average Bonchev–Trinajstić information content (AvgIpc) is 3.22. The first-order valence-corrected chi connectivity index (χ1v) is 10.9. The monoisotopic (exact) mass is 387 g/mol. The van der Waals surface area contributed by atoms with Crippen molar-refractivity contribution in [1.29, 1.82) is 0 Å². The zero-order valence-electron chi connectivity index (χ0n) is 15.5. The molecule has 6 heteroatoms. The molecule has 5 nitrogen and oxygen atoms in total. The topological polar surface area (TPSA) is 72.5 Å². The van der Waals surface area contributed by atoms with Crippen molar-refractivity contribution < 1.29 is 17.9 Å². The molecular weight excluding hydrogens is 362 g/mol. The number of hydrogen-bond acceptors (Lipinski definition) is 4. The Morgan fingerprint density at radius 1 is 1.11 bits per heavy atom. The number of ether oxygens (including phenoxy) is 1. The Morgan fingerprint density at radius 3 is 2.59 bits per heavy atom. The van der Waals surface area contributed by atoms with Gasteiger partial charge in [0.1, 0.15) is 5.75 Å². The van der Waals surface area contributed by atoms with Gasteiger partial charge in [0.2, 0.25) is 0 Å². The Hall–Kier alpha value is -2.34. The number of carbonyl (C=O) groups excluding carboxylic acids is 1. The molecule has 1 amide bonds. The van der Waals surface area contributed by atoms with Crippen LogP contribution in [0.5, 0.6) is 5.75 Å². The third-order valence-corrected chi connectivity index (χ3v) is 6.99. The molecule has 0 aromatic heterocycles. The summed E-state index contributed by atoms with van der Waals surface area (Å²) in [5.74, 6) is 0.342. The minimum Gasteiger partial charge on any atom is -0.494 e. The molecule has 0 bridgehead atoms. The maximum absolute atomic E-state index is 12.8. The second-order valence-electron chi connectivity index (χ2n) is 6.81. The van der Waals surface area contributed by atoms with Crippen molar-refractivity contribution in [3.8, 4) is 5.75 Å². The zero-order valence-corrected chi connectivity index (χ0v) is 16.3. The lowest BCUT2D eigenvalue weighted by atomic mass is 10.2. The summed E-state index contributed by atoms with van der Waals surface area (Å²) in [5, 5.41) is 2.48. The van der Waals surface area contributed by atoms with Gasteiger partial charge in [-0.1, -0.05) is 31.9 Å². The van der Waals surface area contributed by atoms with Crippen molar-refractivity contribution in [2.45, 2.75) is 49.2 Å². The van der Waals surface area contributed by atoms with E-state index >= 15 is 0 Å². The van der Waals surface area contributed by atoms with E-state index in [9.17, 15) is 13.2 Å². The number of hydrogen-bond donors (Lipinski definition) is 1. The van der Waals surface area contributed by atoms with Crippen molar-refractivity contribution in [2.75, 3.05) is 11.9 Å². The molecule has 27 heavy (non-hydrogen) atoms. The van der Waals surface area contributed by atoms with Crippen LogP contribution in [0.1, 0.15) is 49.4 Å². The van der Waals surface area contributed by atoms with Gasteiger partial charge < -0.3 is 10.1 Å². The summed E-state index contributed by atoms with van der Waals surface area (Å²) in [6.45, 7) is 2.61. The SMILES string of the molecule is CCCOc1cccc(C(=O)Nc2cccc(S(=O)(=O)C3CCCC3)c2)c1. The third-order valence-electron chi connectivity index (χ3n) is 4.73. The Morgan fingerprint density at radius 2 is 1.85 bits per heavy atom. The van der Waals surface area contributed by atoms with Gasteiger partial charge in [0.05, 0.1) is 16.8 Å². The van der Waals surface area contributed by atoms with Crippen molar-refractivity contribution >= 4 is 21.4 Å². The molecule has 2 aromatic rings. The van der Waals surface area contributed by atoms with Gasteiger partial charge in [0.15, 0.2) is 9.84 Å². The predicted molar refractivity (Wildman–Crippen MR) is 106 cm³/mol. The summed E-state index contributed by atoms with van der Waals surface area (Å²) in [4.78, 5) is 12.8. The minimum atomic E-state index is -3.35. The Bertz CT molecular complexity index is 902. The Balaban J connectivity index is 1.75. The molecule has 0 saturated heterocycles. The van der Waals surface area contributed by atoms with Gasteiger partial charge in [-0.2, -0.15) is 0 Å². The smallest absolute Gasteiger partial charge is 0.255 e. The summed E-state index contributed by atoms with van der Waals surface area (Å²) in [6.07, 6.45) is 4.22. The molecule has 0 spiro atoms. The first kappa shape index (κ1) is 19.4. The van der Waals surface area contributed by atoms with Crippen LogP contribution in [-0.2, 0) is 9.84 Å². The van der Waals surface area contributed by atoms with Crippen molar-refractivity contribution in [3.05, 3.63) is 54.1 Å². The van der Waals surface area contributed by atoms with Gasteiger partial charge in [-0.15, -0.1) is 0 Å². The maximum Gasteiger partial charge on any atom is 0.255 e. The van der Waals surface area contributed by atoms with Crippen LogP contribution in [0.25, 0.3) is 0 Å². The van der Waals surface area contributed by atoms with E-state index in [1.165, 1.54) is 0 Å². The number of nitrogens with one attached hydrogen (secondary N) is 1. The highest BCUT2D eigenvalue weighted by molar-refractivity contribution is 7.92. The largest absolute Gasteiger partial charge is 0.494 e.